The predicted molar refractivity (Wildman–Crippen MR) is 164 cm³/mol. The zero-order chi connectivity index (χ0) is 33.8. The number of nitrogens with zero attached hydrogens (tertiary/aromatic N) is 1. The third-order valence-electron chi connectivity index (χ3n) is 9.53. The van der Waals surface area contributed by atoms with Crippen LogP contribution in [0, 0.1) is 0 Å². The van der Waals surface area contributed by atoms with Crippen LogP contribution in [0.25, 0.3) is 6.08 Å². The fourth-order valence-electron chi connectivity index (χ4n) is 6.68. The van der Waals surface area contributed by atoms with Crippen LogP contribution in [0.2, 0.25) is 5.02 Å². The van der Waals surface area contributed by atoms with Crippen molar-refractivity contribution >= 4 is 23.6 Å². The molecule has 1 unspecified atom stereocenters. The van der Waals surface area contributed by atoms with E-state index in [1.165, 1.54) is 25.1 Å². The molecule has 0 bridgehead atoms. The largest absolute Gasteiger partial charge is 0.504 e. The van der Waals surface area contributed by atoms with Gasteiger partial charge in [0.2, 0.25) is 12.2 Å². The number of aliphatic hydroxyl groups is 5. The van der Waals surface area contributed by atoms with Crippen LogP contribution in [0.1, 0.15) is 37.5 Å². The molecule has 6 rings (SSSR count). The van der Waals surface area contributed by atoms with Gasteiger partial charge >= 0.3 is 0 Å². The molecule has 14 nitrogen and oxygen atoms in total. The van der Waals surface area contributed by atoms with Crippen molar-refractivity contribution in [3.05, 3.63) is 64.2 Å². The molecule has 0 spiro atoms. The number of amides is 1. The van der Waals surface area contributed by atoms with Crippen LogP contribution in [0.15, 0.2) is 48.0 Å². The maximum absolute atomic E-state index is 12.9. The summed E-state index contributed by atoms with van der Waals surface area (Å²) in [7, 11) is 1.72. The first kappa shape index (κ1) is 34.0. The Balaban J connectivity index is 1.10. The van der Waals surface area contributed by atoms with Crippen LogP contribution >= 0.6 is 11.6 Å². The Bertz CT molecular complexity index is 1510. The number of ether oxygens (including phenoxy) is 4. The number of likely N-dealkylation sites (N-methyl/N-ethyl adjacent to an activating group) is 1. The standard InChI is InChI=1S/C32H39ClN2O12/c1-14(30(42)34-21-22(37)24(39)28-27(23(21)38)43-13-44-28)9-15-7-8-19(18(36)10-15)45-31-26(41)25(40)29(46-31)32(2)12-20(47-35(32)3)16-5-4-6-17(33)11-16/h4-11,20-29,31,36-41H,12-13H2,1-3H3,(H,34,42)/b14-9+/t20-,21-,22+,23-,24-,25+,26+,27+,28-,29+,31-,32?/m1/s1. The lowest BCUT2D eigenvalue weighted by molar-refractivity contribution is -0.209. The lowest BCUT2D eigenvalue weighted by atomic mass is 9.83. The Labute approximate surface area is 275 Å². The fourth-order valence-corrected chi connectivity index (χ4v) is 6.88. The monoisotopic (exact) mass is 678 g/mol. The second-order valence-electron chi connectivity index (χ2n) is 12.6. The molecule has 0 radical (unpaired) electrons. The molecule has 7 N–H and O–H groups in total. The molecule has 15 heteroatoms. The number of aliphatic hydroxyl groups excluding tert-OH is 5. The van der Waals surface area contributed by atoms with Gasteiger partial charge < -0.3 is 54.9 Å². The average molecular weight is 679 g/mol. The number of fused-ring (bicyclic) bond motifs is 1. The predicted octanol–water partition coefficient (Wildman–Crippen LogP) is 0.364. The van der Waals surface area contributed by atoms with E-state index in [9.17, 15) is 35.4 Å². The van der Waals surface area contributed by atoms with Crippen molar-refractivity contribution in [1.29, 1.82) is 0 Å². The number of phenolic OH excluding ortho intramolecular Hbond substituents is 1. The summed E-state index contributed by atoms with van der Waals surface area (Å²) in [5, 5.41) is 68.8. The third kappa shape index (κ3) is 6.36. The van der Waals surface area contributed by atoms with Gasteiger partial charge in [0.15, 0.2) is 11.5 Å². The van der Waals surface area contributed by atoms with Crippen LogP contribution in [0.4, 0.5) is 0 Å². The second kappa shape index (κ2) is 13.2. The van der Waals surface area contributed by atoms with Crippen molar-refractivity contribution in [2.24, 2.45) is 0 Å². The van der Waals surface area contributed by atoms with E-state index >= 15 is 0 Å². The quantitative estimate of drug-likeness (QED) is 0.198. The van der Waals surface area contributed by atoms with Crippen molar-refractivity contribution < 1.29 is 59.2 Å². The van der Waals surface area contributed by atoms with Crippen LogP contribution in [0.3, 0.4) is 0 Å². The summed E-state index contributed by atoms with van der Waals surface area (Å²) in [6.45, 7) is 3.20. The van der Waals surface area contributed by atoms with Crippen LogP contribution in [0.5, 0.6) is 11.5 Å². The first-order chi connectivity index (χ1) is 22.3. The molecule has 12 atom stereocenters. The minimum atomic E-state index is -1.50. The molecule has 1 aliphatic carbocycles. The van der Waals surface area contributed by atoms with Gasteiger partial charge in [0.25, 0.3) is 0 Å². The van der Waals surface area contributed by atoms with Crippen molar-refractivity contribution in [2.75, 3.05) is 13.8 Å². The molecule has 2 aromatic rings. The first-order valence-corrected chi connectivity index (χ1v) is 15.6. The van der Waals surface area contributed by atoms with Gasteiger partial charge in [-0.25, -0.2) is 0 Å². The highest BCUT2D eigenvalue weighted by atomic mass is 35.5. The molecular weight excluding hydrogens is 640 g/mol. The molecule has 1 amide bonds. The number of aromatic hydroxyl groups is 1. The molecule has 0 aromatic heterocycles. The van der Waals surface area contributed by atoms with E-state index in [4.69, 9.17) is 35.4 Å². The summed E-state index contributed by atoms with van der Waals surface area (Å²) in [6, 6.07) is 10.4. The summed E-state index contributed by atoms with van der Waals surface area (Å²) < 4.78 is 22.4. The molecule has 3 heterocycles. The minimum absolute atomic E-state index is 0.0325. The summed E-state index contributed by atoms with van der Waals surface area (Å²) in [6.07, 6.45) is -9.49. The molecule has 1 saturated carbocycles. The Hall–Kier alpha value is -2.86. The van der Waals surface area contributed by atoms with E-state index in [1.54, 1.807) is 30.3 Å². The molecule has 47 heavy (non-hydrogen) atoms. The summed E-state index contributed by atoms with van der Waals surface area (Å²) in [5.74, 6) is -0.984. The number of halogens is 1. The zero-order valence-corrected chi connectivity index (χ0v) is 26.6. The van der Waals surface area contributed by atoms with Gasteiger partial charge in [-0.1, -0.05) is 29.8 Å². The number of carbonyl (C=O) groups excluding carboxylic acids is 1. The maximum Gasteiger partial charge on any atom is 0.247 e. The highest BCUT2D eigenvalue weighted by Gasteiger charge is 2.58. The van der Waals surface area contributed by atoms with Crippen molar-refractivity contribution in [3.8, 4) is 11.5 Å². The van der Waals surface area contributed by atoms with E-state index in [0.717, 1.165) is 5.56 Å². The molecule has 256 valence electrons. The van der Waals surface area contributed by atoms with Gasteiger partial charge in [0.1, 0.15) is 61.7 Å². The summed E-state index contributed by atoms with van der Waals surface area (Å²) in [4.78, 5) is 19.0. The number of nitrogens with one attached hydrogen (secondary N) is 1. The van der Waals surface area contributed by atoms with E-state index in [1.807, 2.05) is 19.1 Å². The Morgan fingerprint density at radius 2 is 1.74 bits per heavy atom. The van der Waals surface area contributed by atoms with Crippen molar-refractivity contribution in [3.63, 3.8) is 0 Å². The van der Waals surface area contributed by atoms with Crippen LogP contribution < -0.4 is 10.1 Å². The smallest absolute Gasteiger partial charge is 0.247 e. The van der Waals surface area contributed by atoms with Gasteiger partial charge in [-0.3, -0.25) is 9.63 Å². The topological polar surface area (TPSA) is 200 Å². The number of phenols is 1. The van der Waals surface area contributed by atoms with E-state index < -0.39 is 72.6 Å². The summed E-state index contributed by atoms with van der Waals surface area (Å²) in [5.41, 5.74) is 0.581. The number of carbonyl (C=O) groups is 1. The third-order valence-corrected chi connectivity index (χ3v) is 9.76. The highest BCUT2D eigenvalue weighted by molar-refractivity contribution is 6.30. The van der Waals surface area contributed by atoms with Gasteiger partial charge in [0, 0.05) is 24.1 Å². The van der Waals surface area contributed by atoms with Gasteiger partial charge in [-0.05, 0) is 55.3 Å². The van der Waals surface area contributed by atoms with E-state index in [0.29, 0.717) is 17.0 Å². The van der Waals surface area contributed by atoms with Crippen LogP contribution in [-0.2, 0) is 23.8 Å². The number of hydroxylamine groups is 2. The van der Waals surface area contributed by atoms with Gasteiger partial charge in [-0.2, -0.15) is 5.06 Å². The summed E-state index contributed by atoms with van der Waals surface area (Å²) >= 11 is 6.17. The lowest BCUT2D eigenvalue weighted by Gasteiger charge is -2.41. The number of hydrogen-bond donors (Lipinski definition) is 7. The number of benzene rings is 2. The van der Waals surface area contributed by atoms with E-state index in [-0.39, 0.29) is 30.0 Å². The van der Waals surface area contributed by atoms with Crippen molar-refractivity contribution in [1.82, 2.24) is 10.4 Å². The van der Waals surface area contributed by atoms with E-state index in [2.05, 4.69) is 5.32 Å². The van der Waals surface area contributed by atoms with Gasteiger partial charge in [0.05, 0.1) is 11.6 Å². The highest BCUT2D eigenvalue weighted by Crippen LogP contribution is 2.46. The second-order valence-corrected chi connectivity index (χ2v) is 13.1. The Morgan fingerprint density at radius 1 is 1.02 bits per heavy atom. The average Bonchev–Trinajstić information content (AvgIpc) is 3.73. The number of rotatable bonds is 7. The zero-order valence-electron chi connectivity index (χ0n) is 25.8. The van der Waals surface area contributed by atoms with Gasteiger partial charge in [-0.15, -0.1) is 0 Å². The molecule has 3 saturated heterocycles. The SMILES string of the molecule is C/C(=C\c1ccc(O[C@@H]2O[C@H](C3(C)C[C@H](c4cccc(Cl)c4)ON3C)[C@@H](O)[C@@H]2O)c(O)c1)C(=O)N[C@@H]1[C@H](O)[C@@H](O)[C@H]2OCO[C@H]2[C@@H]1O. The molecule has 4 aliphatic rings. The normalized spacial score (nSPS) is 39.2. The fraction of sp³-hybridized carbons (Fsp3) is 0.531. The maximum atomic E-state index is 12.9. The molecule has 4 fully saturated rings. The molecule has 2 aromatic carbocycles. The molecule has 3 aliphatic heterocycles. The van der Waals surface area contributed by atoms with Crippen LogP contribution in [-0.4, -0.2) is 122 Å². The lowest BCUT2D eigenvalue weighted by Crippen LogP contribution is -2.67. The number of hydrogen-bond acceptors (Lipinski definition) is 13. The first-order valence-electron chi connectivity index (χ1n) is 15.2. The van der Waals surface area contributed by atoms with Crippen molar-refractivity contribution in [2.45, 2.75) is 93.1 Å². The minimum Gasteiger partial charge on any atom is -0.504 e. The molecular formula is C32H39ClN2O12. The Morgan fingerprint density at radius 3 is 2.45 bits per heavy atom. The Kier molecular flexibility index (Phi) is 9.56.